The molecule has 5 nitrogen and oxygen atoms in total. The Morgan fingerprint density at radius 3 is 3.10 bits per heavy atom. The van der Waals surface area contributed by atoms with Crippen molar-refractivity contribution in [1.29, 1.82) is 0 Å². The van der Waals surface area contributed by atoms with Gasteiger partial charge in [-0.05, 0) is 43.1 Å². The van der Waals surface area contributed by atoms with E-state index in [-0.39, 0.29) is 18.1 Å². The van der Waals surface area contributed by atoms with Crippen LogP contribution in [-0.4, -0.2) is 37.7 Å². The van der Waals surface area contributed by atoms with Crippen LogP contribution in [-0.2, 0) is 22.5 Å². The van der Waals surface area contributed by atoms with E-state index in [9.17, 15) is 4.79 Å². The third kappa shape index (κ3) is 2.85. The number of hydrogen-bond donors (Lipinski definition) is 3. The third-order valence-corrected chi connectivity index (χ3v) is 3.96. The van der Waals surface area contributed by atoms with Gasteiger partial charge in [0.25, 0.3) is 0 Å². The maximum absolute atomic E-state index is 12.3. The number of hydrogen-bond acceptors (Lipinski definition) is 4. The minimum absolute atomic E-state index is 0.0269. The second kappa shape index (κ2) is 5.91. The van der Waals surface area contributed by atoms with E-state index >= 15 is 0 Å². The first-order valence-corrected chi connectivity index (χ1v) is 7.22. The molecule has 0 spiro atoms. The van der Waals surface area contributed by atoms with Crippen molar-refractivity contribution in [3.05, 3.63) is 29.3 Å². The van der Waals surface area contributed by atoms with Crippen LogP contribution in [0.5, 0.6) is 0 Å². The van der Waals surface area contributed by atoms with Crippen molar-refractivity contribution in [2.75, 3.05) is 25.0 Å². The van der Waals surface area contributed by atoms with Crippen molar-refractivity contribution < 1.29 is 9.53 Å². The average Bonchev–Trinajstić information content (AvgIpc) is 2.47. The van der Waals surface area contributed by atoms with Crippen LogP contribution >= 0.6 is 0 Å². The fourth-order valence-electron chi connectivity index (χ4n) is 2.81. The second-order valence-electron chi connectivity index (χ2n) is 5.41. The van der Waals surface area contributed by atoms with Gasteiger partial charge in [0, 0.05) is 18.8 Å². The summed E-state index contributed by atoms with van der Waals surface area (Å²) in [5, 5.41) is 9.53. The van der Waals surface area contributed by atoms with Gasteiger partial charge in [0.1, 0.15) is 6.04 Å². The summed E-state index contributed by atoms with van der Waals surface area (Å²) >= 11 is 0. The molecule has 0 aliphatic carbocycles. The highest BCUT2D eigenvalue weighted by atomic mass is 16.5. The van der Waals surface area contributed by atoms with Crippen molar-refractivity contribution in [2.45, 2.75) is 32.0 Å². The number of ether oxygens (including phenoxy) is 1. The average molecular weight is 275 g/mol. The predicted molar refractivity (Wildman–Crippen MR) is 77.7 cm³/mol. The van der Waals surface area contributed by atoms with Gasteiger partial charge in [0.15, 0.2) is 0 Å². The summed E-state index contributed by atoms with van der Waals surface area (Å²) in [5.74, 6) is -0.0269. The van der Waals surface area contributed by atoms with Crippen LogP contribution in [0.15, 0.2) is 18.2 Å². The Morgan fingerprint density at radius 2 is 2.25 bits per heavy atom. The fraction of sp³-hybridized carbons (Fsp3) is 0.533. The van der Waals surface area contributed by atoms with Gasteiger partial charge in [0.2, 0.25) is 5.91 Å². The number of anilines is 1. The zero-order valence-electron chi connectivity index (χ0n) is 11.7. The first kappa shape index (κ1) is 13.5. The van der Waals surface area contributed by atoms with Crippen molar-refractivity contribution in [3.8, 4) is 0 Å². The molecule has 1 aromatic rings. The zero-order valence-corrected chi connectivity index (χ0v) is 11.7. The van der Waals surface area contributed by atoms with Gasteiger partial charge in [-0.15, -0.1) is 0 Å². The largest absolute Gasteiger partial charge is 0.375 e. The quantitative estimate of drug-likeness (QED) is 0.741. The molecule has 1 amide bonds. The first-order valence-electron chi connectivity index (χ1n) is 7.22. The topological polar surface area (TPSA) is 62.4 Å². The molecule has 2 heterocycles. The van der Waals surface area contributed by atoms with Crippen molar-refractivity contribution in [1.82, 2.24) is 10.6 Å². The highest BCUT2D eigenvalue weighted by Crippen LogP contribution is 2.19. The maximum Gasteiger partial charge on any atom is 0.244 e. The molecule has 0 aromatic heterocycles. The molecule has 20 heavy (non-hydrogen) atoms. The lowest BCUT2D eigenvalue weighted by molar-refractivity contribution is -0.123. The van der Waals surface area contributed by atoms with Gasteiger partial charge >= 0.3 is 0 Å². The van der Waals surface area contributed by atoms with E-state index in [2.05, 4.69) is 28.1 Å². The van der Waals surface area contributed by atoms with E-state index in [1.165, 1.54) is 11.1 Å². The van der Waals surface area contributed by atoms with E-state index < -0.39 is 0 Å². The summed E-state index contributed by atoms with van der Waals surface area (Å²) in [6, 6.07) is 5.88. The Morgan fingerprint density at radius 1 is 1.35 bits per heavy atom. The van der Waals surface area contributed by atoms with Gasteiger partial charge in [0.05, 0.1) is 12.7 Å². The van der Waals surface area contributed by atoms with Crippen LogP contribution < -0.4 is 16.0 Å². The Bertz CT molecular complexity index is 504. The Hall–Kier alpha value is -1.43. The first-order chi connectivity index (χ1) is 9.74. The smallest absolute Gasteiger partial charge is 0.244 e. The van der Waals surface area contributed by atoms with Gasteiger partial charge in [-0.3, -0.25) is 4.79 Å². The van der Waals surface area contributed by atoms with Crippen molar-refractivity contribution in [2.24, 2.45) is 0 Å². The molecule has 1 aromatic carbocycles. The normalized spacial score (nSPS) is 25.9. The number of carbonyl (C=O) groups excluding carboxylic acids is 1. The molecule has 0 saturated carbocycles. The molecule has 1 saturated heterocycles. The molecule has 108 valence electrons. The van der Waals surface area contributed by atoms with E-state index in [1.807, 2.05) is 13.0 Å². The summed E-state index contributed by atoms with van der Waals surface area (Å²) in [6.45, 7) is 5.21. The van der Waals surface area contributed by atoms with Gasteiger partial charge in [-0.1, -0.05) is 6.07 Å². The van der Waals surface area contributed by atoms with Crippen molar-refractivity contribution in [3.63, 3.8) is 0 Å². The molecule has 3 N–H and O–H groups in total. The maximum atomic E-state index is 12.3. The minimum atomic E-state index is -0.280. The summed E-state index contributed by atoms with van der Waals surface area (Å²) in [6.07, 6.45) is 0.960. The molecule has 0 unspecified atom stereocenters. The molecule has 2 aliphatic rings. The van der Waals surface area contributed by atoms with Crippen LogP contribution in [0.3, 0.4) is 0 Å². The molecule has 2 atom stereocenters. The lowest BCUT2D eigenvalue weighted by Gasteiger charge is -2.29. The van der Waals surface area contributed by atoms with Crippen LogP contribution in [0.25, 0.3) is 0 Å². The molecule has 1 fully saturated rings. The van der Waals surface area contributed by atoms with Gasteiger partial charge < -0.3 is 20.7 Å². The number of fused-ring (bicyclic) bond motifs is 1. The number of benzene rings is 1. The SMILES string of the molecule is C[C@H]1OCCN[C@@H]1C(=O)Nc1ccc2c(c1)CNCC2. The summed E-state index contributed by atoms with van der Waals surface area (Å²) in [5.41, 5.74) is 3.50. The van der Waals surface area contributed by atoms with Crippen LogP contribution in [0, 0.1) is 0 Å². The Labute approximate surface area is 119 Å². The van der Waals surface area contributed by atoms with Gasteiger partial charge in [-0.25, -0.2) is 0 Å². The third-order valence-electron chi connectivity index (χ3n) is 3.96. The lowest BCUT2D eigenvalue weighted by atomic mass is 10.0. The molecule has 0 bridgehead atoms. The standard InChI is InChI=1S/C15H21N3O2/c1-10-14(17-6-7-20-10)15(19)18-13-3-2-11-4-5-16-9-12(11)8-13/h2-3,8,10,14,16-17H,4-7,9H2,1H3,(H,18,19)/t10-,14+/m1/s1. The number of rotatable bonds is 2. The van der Waals surface area contributed by atoms with Gasteiger partial charge in [-0.2, -0.15) is 0 Å². The van der Waals surface area contributed by atoms with Crippen LogP contribution in [0.2, 0.25) is 0 Å². The van der Waals surface area contributed by atoms with E-state index in [4.69, 9.17) is 4.74 Å². The second-order valence-corrected chi connectivity index (χ2v) is 5.41. The molecule has 0 radical (unpaired) electrons. The molecular weight excluding hydrogens is 254 g/mol. The summed E-state index contributed by atoms with van der Waals surface area (Å²) in [4.78, 5) is 12.3. The predicted octanol–water partition coefficient (Wildman–Crippen LogP) is 0.648. The van der Waals surface area contributed by atoms with E-state index in [1.54, 1.807) is 0 Å². The molecular formula is C15H21N3O2. The number of nitrogens with one attached hydrogen (secondary N) is 3. The molecule has 5 heteroatoms. The highest BCUT2D eigenvalue weighted by Gasteiger charge is 2.28. The van der Waals surface area contributed by atoms with Crippen LogP contribution in [0.1, 0.15) is 18.1 Å². The molecule has 2 aliphatic heterocycles. The zero-order chi connectivity index (χ0) is 13.9. The van der Waals surface area contributed by atoms with E-state index in [0.717, 1.165) is 31.7 Å². The Kier molecular flexibility index (Phi) is 4.00. The molecule has 3 rings (SSSR count). The van der Waals surface area contributed by atoms with Crippen LogP contribution in [0.4, 0.5) is 5.69 Å². The summed E-state index contributed by atoms with van der Waals surface area (Å²) in [7, 11) is 0. The minimum Gasteiger partial charge on any atom is -0.375 e. The number of amides is 1. The number of carbonyl (C=O) groups is 1. The van der Waals surface area contributed by atoms with Crippen molar-refractivity contribution >= 4 is 11.6 Å². The monoisotopic (exact) mass is 275 g/mol. The Balaban J connectivity index is 1.69. The fourth-order valence-corrected chi connectivity index (χ4v) is 2.81. The lowest BCUT2D eigenvalue weighted by Crippen LogP contribution is -2.53. The number of morpholine rings is 1. The van der Waals surface area contributed by atoms with E-state index in [0.29, 0.717) is 6.61 Å². The highest BCUT2D eigenvalue weighted by molar-refractivity contribution is 5.95. The summed E-state index contributed by atoms with van der Waals surface area (Å²) < 4.78 is 5.51.